The Labute approximate surface area is 98.3 Å². The Kier molecular flexibility index (Phi) is 5.77. The number of hydrogen-bond donors (Lipinski definition) is 1. The van der Waals surface area contributed by atoms with Crippen LogP contribution in [0.2, 0.25) is 0 Å². The highest BCUT2D eigenvalue weighted by molar-refractivity contribution is 5.75. The summed E-state index contributed by atoms with van der Waals surface area (Å²) in [5.74, 6) is 0.850. The number of nitrogens with one attached hydrogen (secondary N) is 1. The van der Waals surface area contributed by atoms with E-state index in [9.17, 15) is 4.79 Å². The molecule has 1 aliphatic rings. The number of rotatable bonds is 6. The molecular formula is C12H24N2O2. The summed E-state index contributed by atoms with van der Waals surface area (Å²) in [5.41, 5.74) is 0. The molecule has 4 heteroatoms. The average Bonchev–Trinajstić information content (AvgIpc) is 2.76. The first-order valence-electron chi connectivity index (χ1n) is 6.12. The summed E-state index contributed by atoms with van der Waals surface area (Å²) in [7, 11) is 3.60. The molecule has 0 aromatic rings. The van der Waals surface area contributed by atoms with Crippen LogP contribution in [0.25, 0.3) is 0 Å². The minimum Gasteiger partial charge on any atom is -0.381 e. The lowest BCUT2D eigenvalue weighted by Gasteiger charge is -2.19. The van der Waals surface area contributed by atoms with Crippen molar-refractivity contribution in [3.05, 3.63) is 0 Å². The first-order chi connectivity index (χ1) is 7.61. The standard InChI is InChI=1S/C12H24N2O2/c1-10(11-6-8-16-9-11)13-7-4-5-12(15)14(2)3/h10-11,13H,4-9H2,1-3H3. The summed E-state index contributed by atoms with van der Waals surface area (Å²) in [6.45, 7) is 4.89. The van der Waals surface area contributed by atoms with Gasteiger partial charge in [-0.15, -0.1) is 0 Å². The molecule has 0 bridgehead atoms. The second-order valence-corrected chi connectivity index (χ2v) is 4.76. The van der Waals surface area contributed by atoms with Gasteiger partial charge < -0.3 is 15.0 Å². The highest BCUT2D eigenvalue weighted by atomic mass is 16.5. The zero-order chi connectivity index (χ0) is 12.0. The molecule has 1 amide bonds. The van der Waals surface area contributed by atoms with E-state index in [0.29, 0.717) is 18.4 Å². The molecule has 1 saturated heterocycles. The van der Waals surface area contributed by atoms with Gasteiger partial charge in [-0.1, -0.05) is 0 Å². The second kappa shape index (κ2) is 6.86. The van der Waals surface area contributed by atoms with Crippen LogP contribution in [0.5, 0.6) is 0 Å². The maximum Gasteiger partial charge on any atom is 0.222 e. The summed E-state index contributed by atoms with van der Waals surface area (Å²) >= 11 is 0. The van der Waals surface area contributed by atoms with Crippen molar-refractivity contribution in [2.45, 2.75) is 32.2 Å². The van der Waals surface area contributed by atoms with Crippen molar-refractivity contribution in [1.82, 2.24) is 10.2 Å². The van der Waals surface area contributed by atoms with E-state index in [4.69, 9.17) is 4.74 Å². The molecule has 0 aliphatic carbocycles. The molecule has 1 aliphatic heterocycles. The molecule has 0 spiro atoms. The van der Waals surface area contributed by atoms with Gasteiger partial charge in [-0.3, -0.25) is 4.79 Å². The maximum atomic E-state index is 11.3. The van der Waals surface area contributed by atoms with Crippen LogP contribution in [0, 0.1) is 5.92 Å². The highest BCUT2D eigenvalue weighted by Crippen LogP contribution is 2.16. The minimum atomic E-state index is 0.207. The predicted molar refractivity (Wildman–Crippen MR) is 64.3 cm³/mol. The van der Waals surface area contributed by atoms with E-state index in [-0.39, 0.29) is 5.91 Å². The van der Waals surface area contributed by atoms with E-state index in [2.05, 4.69) is 12.2 Å². The van der Waals surface area contributed by atoms with Crippen molar-refractivity contribution in [2.75, 3.05) is 33.9 Å². The van der Waals surface area contributed by atoms with Crippen LogP contribution in [0.1, 0.15) is 26.2 Å². The Balaban J connectivity index is 2.04. The molecule has 0 aromatic heterocycles. The van der Waals surface area contributed by atoms with Crippen LogP contribution in [0.3, 0.4) is 0 Å². The van der Waals surface area contributed by atoms with Gasteiger partial charge in [0.2, 0.25) is 5.91 Å². The van der Waals surface area contributed by atoms with E-state index in [1.165, 1.54) is 0 Å². The fraction of sp³-hybridized carbons (Fsp3) is 0.917. The van der Waals surface area contributed by atoms with Crippen molar-refractivity contribution in [2.24, 2.45) is 5.92 Å². The number of amides is 1. The molecule has 1 fully saturated rings. The predicted octanol–water partition coefficient (Wildman–Crippen LogP) is 0.869. The van der Waals surface area contributed by atoms with E-state index in [1.54, 1.807) is 19.0 Å². The number of hydrogen-bond acceptors (Lipinski definition) is 3. The summed E-state index contributed by atoms with van der Waals surface area (Å²) in [4.78, 5) is 13.0. The first kappa shape index (κ1) is 13.5. The van der Waals surface area contributed by atoms with E-state index in [1.807, 2.05) is 0 Å². The molecule has 0 saturated carbocycles. The molecule has 94 valence electrons. The van der Waals surface area contributed by atoms with Crippen LogP contribution in [-0.4, -0.2) is 50.7 Å². The van der Waals surface area contributed by atoms with Gasteiger partial charge in [0.15, 0.2) is 0 Å². The molecule has 4 nitrogen and oxygen atoms in total. The van der Waals surface area contributed by atoms with E-state index in [0.717, 1.165) is 32.6 Å². The molecule has 1 N–H and O–H groups in total. The Morgan fingerprint density at radius 1 is 1.56 bits per heavy atom. The molecular weight excluding hydrogens is 204 g/mol. The summed E-state index contributed by atoms with van der Waals surface area (Å²) < 4.78 is 5.35. The Bertz CT molecular complexity index is 213. The molecule has 2 unspecified atom stereocenters. The van der Waals surface area contributed by atoms with Crippen molar-refractivity contribution in [1.29, 1.82) is 0 Å². The van der Waals surface area contributed by atoms with Gasteiger partial charge in [0.25, 0.3) is 0 Å². The van der Waals surface area contributed by atoms with Gasteiger partial charge in [0.1, 0.15) is 0 Å². The van der Waals surface area contributed by atoms with Crippen LogP contribution in [0.4, 0.5) is 0 Å². The number of carbonyl (C=O) groups excluding carboxylic acids is 1. The lowest BCUT2D eigenvalue weighted by Crippen LogP contribution is -2.35. The molecule has 0 radical (unpaired) electrons. The fourth-order valence-electron chi connectivity index (χ4n) is 1.91. The highest BCUT2D eigenvalue weighted by Gasteiger charge is 2.21. The van der Waals surface area contributed by atoms with E-state index < -0.39 is 0 Å². The largest absolute Gasteiger partial charge is 0.381 e. The monoisotopic (exact) mass is 228 g/mol. The summed E-state index contributed by atoms with van der Waals surface area (Å²) in [6, 6.07) is 0.497. The third-order valence-corrected chi connectivity index (χ3v) is 3.20. The average molecular weight is 228 g/mol. The number of nitrogens with zero attached hydrogens (tertiary/aromatic N) is 1. The SMILES string of the molecule is CC(NCCCC(=O)N(C)C)C1CCOC1. The van der Waals surface area contributed by atoms with Crippen molar-refractivity contribution >= 4 is 5.91 Å². The van der Waals surface area contributed by atoms with Crippen molar-refractivity contribution < 1.29 is 9.53 Å². The Hall–Kier alpha value is -0.610. The van der Waals surface area contributed by atoms with Gasteiger partial charge in [-0.05, 0) is 32.2 Å². The topological polar surface area (TPSA) is 41.6 Å². The first-order valence-corrected chi connectivity index (χ1v) is 6.12. The molecule has 2 atom stereocenters. The van der Waals surface area contributed by atoms with Crippen LogP contribution in [0.15, 0.2) is 0 Å². The maximum absolute atomic E-state index is 11.3. The molecule has 1 heterocycles. The Morgan fingerprint density at radius 3 is 2.88 bits per heavy atom. The number of ether oxygens (including phenoxy) is 1. The lowest BCUT2D eigenvalue weighted by molar-refractivity contribution is -0.128. The van der Waals surface area contributed by atoms with Gasteiger partial charge >= 0.3 is 0 Å². The number of carbonyl (C=O) groups is 1. The third kappa shape index (κ3) is 4.49. The molecule has 1 rings (SSSR count). The van der Waals surface area contributed by atoms with Crippen LogP contribution >= 0.6 is 0 Å². The zero-order valence-electron chi connectivity index (χ0n) is 10.7. The normalized spacial score (nSPS) is 22.1. The van der Waals surface area contributed by atoms with Gasteiger partial charge in [0, 0.05) is 33.2 Å². The summed E-state index contributed by atoms with van der Waals surface area (Å²) in [5, 5.41) is 3.47. The van der Waals surface area contributed by atoms with Crippen LogP contribution in [-0.2, 0) is 9.53 Å². The van der Waals surface area contributed by atoms with E-state index >= 15 is 0 Å². The Morgan fingerprint density at radius 2 is 2.31 bits per heavy atom. The molecule has 0 aromatic carbocycles. The molecule has 16 heavy (non-hydrogen) atoms. The van der Waals surface area contributed by atoms with Crippen LogP contribution < -0.4 is 5.32 Å². The minimum absolute atomic E-state index is 0.207. The quantitative estimate of drug-likeness (QED) is 0.686. The van der Waals surface area contributed by atoms with Crippen molar-refractivity contribution in [3.8, 4) is 0 Å². The smallest absolute Gasteiger partial charge is 0.222 e. The third-order valence-electron chi connectivity index (χ3n) is 3.20. The fourth-order valence-corrected chi connectivity index (χ4v) is 1.91. The lowest BCUT2D eigenvalue weighted by atomic mass is 10.0. The summed E-state index contributed by atoms with van der Waals surface area (Å²) in [6.07, 6.45) is 2.70. The van der Waals surface area contributed by atoms with Gasteiger partial charge in [0.05, 0.1) is 6.61 Å². The van der Waals surface area contributed by atoms with Gasteiger partial charge in [-0.2, -0.15) is 0 Å². The van der Waals surface area contributed by atoms with Gasteiger partial charge in [-0.25, -0.2) is 0 Å². The van der Waals surface area contributed by atoms with Crippen molar-refractivity contribution in [3.63, 3.8) is 0 Å². The second-order valence-electron chi connectivity index (χ2n) is 4.76. The zero-order valence-corrected chi connectivity index (χ0v) is 10.7.